The SMILES string of the molecule is O=C1C=C[C@@H]2NCCC2=C1. The highest BCUT2D eigenvalue weighted by molar-refractivity contribution is 6.01. The molecule has 2 aliphatic rings. The highest BCUT2D eigenvalue weighted by Crippen LogP contribution is 2.18. The number of ketones is 1. The quantitative estimate of drug-likeness (QED) is 0.521. The standard InChI is InChI=1S/C8H9NO/c10-7-1-2-8-6(5-7)3-4-9-8/h1-2,5,8-9H,3-4H2/t8-/m0/s1. The zero-order valence-corrected chi connectivity index (χ0v) is 5.63. The molecule has 0 aromatic heterocycles. The van der Waals surface area contributed by atoms with Crippen LogP contribution < -0.4 is 5.32 Å². The van der Waals surface area contributed by atoms with E-state index >= 15 is 0 Å². The summed E-state index contributed by atoms with van der Waals surface area (Å²) in [5.41, 5.74) is 1.24. The van der Waals surface area contributed by atoms with E-state index in [1.54, 1.807) is 12.2 Å². The molecule has 2 rings (SSSR count). The molecule has 0 bridgehead atoms. The van der Waals surface area contributed by atoms with Crippen molar-refractivity contribution in [3.63, 3.8) is 0 Å². The fourth-order valence-corrected chi connectivity index (χ4v) is 1.43. The summed E-state index contributed by atoms with van der Waals surface area (Å²) >= 11 is 0. The molecule has 1 heterocycles. The Kier molecular flexibility index (Phi) is 1.21. The lowest BCUT2D eigenvalue weighted by Gasteiger charge is -2.09. The van der Waals surface area contributed by atoms with E-state index in [9.17, 15) is 4.79 Å². The normalized spacial score (nSPS) is 30.2. The van der Waals surface area contributed by atoms with Crippen LogP contribution in [0.2, 0.25) is 0 Å². The van der Waals surface area contributed by atoms with Crippen molar-refractivity contribution in [2.45, 2.75) is 12.5 Å². The Bertz CT molecular complexity index is 227. The molecule has 0 amide bonds. The summed E-state index contributed by atoms with van der Waals surface area (Å²) in [5, 5.41) is 3.27. The van der Waals surface area contributed by atoms with Gasteiger partial charge in [-0.2, -0.15) is 0 Å². The molecule has 1 aliphatic carbocycles. The van der Waals surface area contributed by atoms with E-state index in [2.05, 4.69) is 5.32 Å². The number of carbonyl (C=O) groups excluding carboxylic acids is 1. The molecule has 0 radical (unpaired) electrons. The number of nitrogens with one attached hydrogen (secondary N) is 1. The Balaban J connectivity index is 2.30. The topological polar surface area (TPSA) is 29.1 Å². The summed E-state index contributed by atoms with van der Waals surface area (Å²) in [6.07, 6.45) is 6.34. The second-order valence-corrected chi connectivity index (χ2v) is 2.66. The number of hydrogen-bond acceptors (Lipinski definition) is 2. The summed E-state index contributed by atoms with van der Waals surface area (Å²) in [6, 6.07) is 0.359. The lowest BCUT2D eigenvalue weighted by Crippen LogP contribution is -2.22. The van der Waals surface area contributed by atoms with Gasteiger partial charge in [-0.15, -0.1) is 0 Å². The van der Waals surface area contributed by atoms with Gasteiger partial charge in [0.2, 0.25) is 0 Å². The van der Waals surface area contributed by atoms with Crippen LogP contribution >= 0.6 is 0 Å². The molecule has 0 aromatic carbocycles. The van der Waals surface area contributed by atoms with E-state index in [0.717, 1.165) is 13.0 Å². The van der Waals surface area contributed by atoms with Gasteiger partial charge in [0.15, 0.2) is 5.78 Å². The highest BCUT2D eigenvalue weighted by Gasteiger charge is 2.20. The molecule has 1 aliphatic heterocycles. The van der Waals surface area contributed by atoms with Crippen molar-refractivity contribution in [3.8, 4) is 0 Å². The van der Waals surface area contributed by atoms with Gasteiger partial charge in [0, 0.05) is 6.04 Å². The third kappa shape index (κ3) is 0.809. The maximum atomic E-state index is 10.8. The molecule has 0 unspecified atom stereocenters. The van der Waals surface area contributed by atoms with Crippen molar-refractivity contribution in [2.24, 2.45) is 0 Å². The molecule has 1 fully saturated rings. The predicted molar refractivity (Wildman–Crippen MR) is 38.6 cm³/mol. The number of hydrogen-bond donors (Lipinski definition) is 1. The first-order valence-electron chi connectivity index (χ1n) is 3.52. The Morgan fingerprint density at radius 1 is 1.60 bits per heavy atom. The van der Waals surface area contributed by atoms with E-state index < -0.39 is 0 Å². The second kappa shape index (κ2) is 2.06. The molecular weight excluding hydrogens is 126 g/mol. The number of allylic oxidation sites excluding steroid dienone is 2. The van der Waals surface area contributed by atoms with Crippen molar-refractivity contribution in [1.29, 1.82) is 0 Å². The van der Waals surface area contributed by atoms with E-state index in [0.29, 0.717) is 6.04 Å². The second-order valence-electron chi connectivity index (χ2n) is 2.66. The van der Waals surface area contributed by atoms with Crippen molar-refractivity contribution in [3.05, 3.63) is 23.8 Å². The molecule has 10 heavy (non-hydrogen) atoms. The van der Waals surface area contributed by atoms with Gasteiger partial charge in [-0.05, 0) is 30.7 Å². The first-order chi connectivity index (χ1) is 4.86. The first kappa shape index (κ1) is 5.86. The largest absolute Gasteiger partial charge is 0.307 e. The Labute approximate surface area is 59.6 Å². The van der Waals surface area contributed by atoms with E-state index in [1.807, 2.05) is 6.08 Å². The van der Waals surface area contributed by atoms with Crippen LogP contribution in [-0.2, 0) is 4.79 Å². The third-order valence-corrected chi connectivity index (χ3v) is 1.96. The van der Waals surface area contributed by atoms with Gasteiger partial charge in [0.1, 0.15) is 0 Å². The van der Waals surface area contributed by atoms with Crippen LogP contribution in [0.1, 0.15) is 6.42 Å². The number of fused-ring (bicyclic) bond motifs is 1. The van der Waals surface area contributed by atoms with Crippen molar-refractivity contribution < 1.29 is 4.79 Å². The molecule has 2 heteroatoms. The maximum absolute atomic E-state index is 10.8. The van der Waals surface area contributed by atoms with Crippen LogP contribution in [0.4, 0.5) is 0 Å². The van der Waals surface area contributed by atoms with Gasteiger partial charge in [-0.25, -0.2) is 0 Å². The summed E-state index contributed by atoms with van der Waals surface area (Å²) in [4.78, 5) is 10.8. The fraction of sp³-hybridized carbons (Fsp3) is 0.375. The Morgan fingerprint density at radius 3 is 3.40 bits per heavy atom. The molecule has 1 N–H and O–H groups in total. The summed E-state index contributed by atoms with van der Waals surface area (Å²) in [7, 11) is 0. The molecule has 0 aromatic rings. The van der Waals surface area contributed by atoms with Crippen molar-refractivity contribution in [1.82, 2.24) is 5.32 Å². The summed E-state index contributed by atoms with van der Waals surface area (Å²) in [6.45, 7) is 1.01. The van der Waals surface area contributed by atoms with Crippen LogP contribution in [0.25, 0.3) is 0 Å². The Morgan fingerprint density at radius 2 is 2.50 bits per heavy atom. The Hall–Kier alpha value is -0.890. The molecule has 0 saturated carbocycles. The van der Waals surface area contributed by atoms with Gasteiger partial charge in [0.25, 0.3) is 0 Å². The molecule has 52 valence electrons. The van der Waals surface area contributed by atoms with Gasteiger partial charge in [-0.1, -0.05) is 6.08 Å². The minimum Gasteiger partial charge on any atom is -0.307 e. The molecule has 0 spiro atoms. The number of rotatable bonds is 0. The monoisotopic (exact) mass is 135 g/mol. The fourth-order valence-electron chi connectivity index (χ4n) is 1.43. The number of carbonyl (C=O) groups is 1. The predicted octanol–water partition coefficient (Wildman–Crippen LogP) is 0.414. The van der Waals surface area contributed by atoms with Crippen LogP contribution in [0, 0.1) is 0 Å². The zero-order chi connectivity index (χ0) is 6.97. The minimum atomic E-state index is 0.134. The van der Waals surface area contributed by atoms with Crippen LogP contribution in [0.15, 0.2) is 23.8 Å². The molecule has 1 atom stereocenters. The van der Waals surface area contributed by atoms with Crippen LogP contribution in [0.3, 0.4) is 0 Å². The van der Waals surface area contributed by atoms with E-state index in [1.165, 1.54) is 5.57 Å². The van der Waals surface area contributed by atoms with Gasteiger partial charge in [-0.3, -0.25) is 4.79 Å². The molecule has 1 saturated heterocycles. The lowest BCUT2D eigenvalue weighted by atomic mass is 10.0. The van der Waals surface area contributed by atoms with Crippen molar-refractivity contribution in [2.75, 3.05) is 6.54 Å². The maximum Gasteiger partial charge on any atom is 0.178 e. The van der Waals surface area contributed by atoms with Gasteiger partial charge >= 0.3 is 0 Å². The zero-order valence-electron chi connectivity index (χ0n) is 5.63. The van der Waals surface area contributed by atoms with E-state index in [4.69, 9.17) is 0 Å². The average molecular weight is 135 g/mol. The summed E-state index contributed by atoms with van der Waals surface area (Å²) in [5.74, 6) is 0.134. The average Bonchev–Trinajstić information content (AvgIpc) is 2.33. The molecular formula is C8H9NO. The smallest absolute Gasteiger partial charge is 0.178 e. The summed E-state index contributed by atoms with van der Waals surface area (Å²) < 4.78 is 0. The van der Waals surface area contributed by atoms with Crippen molar-refractivity contribution >= 4 is 5.78 Å². The van der Waals surface area contributed by atoms with Gasteiger partial charge in [0.05, 0.1) is 0 Å². The third-order valence-electron chi connectivity index (χ3n) is 1.96. The molecule has 2 nitrogen and oxygen atoms in total. The van der Waals surface area contributed by atoms with Crippen LogP contribution in [-0.4, -0.2) is 18.4 Å². The minimum absolute atomic E-state index is 0.134. The first-order valence-corrected chi connectivity index (χ1v) is 3.52. The highest BCUT2D eigenvalue weighted by atomic mass is 16.1. The van der Waals surface area contributed by atoms with Crippen LogP contribution in [0.5, 0.6) is 0 Å². The lowest BCUT2D eigenvalue weighted by molar-refractivity contribution is -0.110. The van der Waals surface area contributed by atoms with E-state index in [-0.39, 0.29) is 5.78 Å². The van der Waals surface area contributed by atoms with Gasteiger partial charge < -0.3 is 5.32 Å².